The molecule has 1 saturated carbocycles. The van der Waals surface area contributed by atoms with E-state index in [1.807, 2.05) is 17.0 Å². The van der Waals surface area contributed by atoms with E-state index in [-0.39, 0.29) is 23.0 Å². The molecule has 0 spiro atoms. The Morgan fingerprint density at radius 2 is 1.93 bits per heavy atom. The molecule has 3 aromatic rings. The molecule has 3 heterocycles. The number of piperidine rings is 1. The van der Waals surface area contributed by atoms with Crippen molar-refractivity contribution in [3.05, 3.63) is 46.0 Å². The van der Waals surface area contributed by atoms with Crippen LogP contribution < -0.4 is 10.3 Å². The molecular formula is C20H22N6O3. The number of aromatic amines is 1. The van der Waals surface area contributed by atoms with Gasteiger partial charge in [0.2, 0.25) is 0 Å². The molecule has 0 radical (unpaired) electrons. The Hall–Kier alpha value is -3.23. The van der Waals surface area contributed by atoms with E-state index in [4.69, 9.17) is 4.74 Å². The lowest BCUT2D eigenvalue weighted by molar-refractivity contribution is 0.0687. The largest absolute Gasteiger partial charge is 0.496 e. The van der Waals surface area contributed by atoms with Crippen LogP contribution >= 0.6 is 0 Å². The molecule has 9 nitrogen and oxygen atoms in total. The van der Waals surface area contributed by atoms with E-state index in [1.54, 1.807) is 23.9 Å². The molecular weight excluding hydrogens is 372 g/mol. The number of hydrogen-bond donors (Lipinski definition) is 1. The minimum Gasteiger partial charge on any atom is -0.496 e. The van der Waals surface area contributed by atoms with Gasteiger partial charge in [-0.15, -0.1) is 5.10 Å². The number of likely N-dealkylation sites (tertiary alicyclic amines) is 1. The van der Waals surface area contributed by atoms with Crippen molar-refractivity contribution in [3.8, 4) is 5.75 Å². The summed E-state index contributed by atoms with van der Waals surface area (Å²) in [7, 11) is 1.57. The minimum absolute atomic E-state index is 0.0325. The van der Waals surface area contributed by atoms with Gasteiger partial charge in [-0.1, -0.05) is 17.3 Å². The number of hydrogen-bond acceptors (Lipinski definition) is 6. The van der Waals surface area contributed by atoms with Crippen molar-refractivity contribution < 1.29 is 9.53 Å². The van der Waals surface area contributed by atoms with Crippen molar-refractivity contribution in [2.75, 3.05) is 20.2 Å². The van der Waals surface area contributed by atoms with Gasteiger partial charge in [0.1, 0.15) is 11.6 Å². The smallest absolute Gasteiger partial charge is 0.281 e. The van der Waals surface area contributed by atoms with Crippen LogP contribution in [0, 0.1) is 0 Å². The number of H-pyrrole nitrogens is 1. The molecule has 29 heavy (non-hydrogen) atoms. The lowest BCUT2D eigenvalue weighted by Crippen LogP contribution is -2.39. The molecule has 5 rings (SSSR count). The molecule has 2 fully saturated rings. The van der Waals surface area contributed by atoms with Gasteiger partial charge in [0.05, 0.1) is 18.7 Å². The third kappa shape index (κ3) is 3.16. The summed E-state index contributed by atoms with van der Waals surface area (Å²) >= 11 is 0. The van der Waals surface area contributed by atoms with E-state index >= 15 is 0 Å². The van der Waals surface area contributed by atoms with Crippen molar-refractivity contribution in [1.82, 2.24) is 29.9 Å². The average molecular weight is 394 g/mol. The van der Waals surface area contributed by atoms with E-state index in [0.29, 0.717) is 36.0 Å². The molecule has 1 aromatic carbocycles. The first-order valence-electron chi connectivity index (χ1n) is 9.93. The van der Waals surface area contributed by atoms with E-state index < -0.39 is 0 Å². The maximum atomic E-state index is 12.9. The number of rotatable bonds is 4. The van der Waals surface area contributed by atoms with Gasteiger partial charge in [0.25, 0.3) is 11.5 Å². The van der Waals surface area contributed by atoms with Crippen molar-refractivity contribution in [1.29, 1.82) is 0 Å². The van der Waals surface area contributed by atoms with Crippen LogP contribution in [0.5, 0.6) is 5.75 Å². The van der Waals surface area contributed by atoms with Crippen molar-refractivity contribution in [3.63, 3.8) is 0 Å². The number of carbonyl (C=O) groups excluding carboxylic acids is 1. The molecule has 0 bridgehead atoms. The highest BCUT2D eigenvalue weighted by Gasteiger charge is 2.30. The van der Waals surface area contributed by atoms with Crippen molar-refractivity contribution >= 4 is 17.1 Å². The number of fused-ring (bicyclic) bond motifs is 1. The second kappa shape index (κ2) is 6.98. The normalized spacial score (nSPS) is 17.6. The molecule has 0 atom stereocenters. The summed E-state index contributed by atoms with van der Waals surface area (Å²) in [5.74, 6) is 1.62. The number of methoxy groups -OCH3 is 1. The highest BCUT2D eigenvalue weighted by Crippen LogP contribution is 2.38. The Morgan fingerprint density at radius 3 is 2.66 bits per heavy atom. The number of nitrogens with zero attached hydrogens (tertiary/aromatic N) is 5. The Bertz CT molecular complexity index is 1120. The summed E-state index contributed by atoms with van der Waals surface area (Å²) in [4.78, 5) is 34.5. The fourth-order valence-corrected chi connectivity index (χ4v) is 3.96. The summed E-state index contributed by atoms with van der Waals surface area (Å²) in [6.07, 6.45) is 3.57. The molecule has 1 amide bonds. The predicted molar refractivity (Wildman–Crippen MR) is 105 cm³/mol. The van der Waals surface area contributed by atoms with Crippen molar-refractivity contribution in [2.45, 2.75) is 37.6 Å². The number of amides is 1. The second-order valence-corrected chi connectivity index (χ2v) is 7.66. The van der Waals surface area contributed by atoms with Crippen molar-refractivity contribution in [2.24, 2.45) is 0 Å². The summed E-state index contributed by atoms with van der Waals surface area (Å²) in [6, 6.07) is 7.33. The first-order valence-corrected chi connectivity index (χ1v) is 9.93. The Balaban J connectivity index is 1.36. The molecule has 2 aromatic heterocycles. The zero-order valence-corrected chi connectivity index (χ0v) is 16.2. The van der Waals surface area contributed by atoms with Gasteiger partial charge >= 0.3 is 0 Å². The predicted octanol–water partition coefficient (Wildman–Crippen LogP) is 1.88. The number of nitrogens with one attached hydrogen (secondary N) is 1. The highest BCUT2D eigenvalue weighted by atomic mass is 16.5. The standard InChI is InChI=1S/C20H22N6O3/c1-29-15-5-3-2-4-14(15)20(28)25-10-8-13(9-11-25)26-18-16(23-24-26)19(27)22-17(21-18)12-6-7-12/h2-5,12-13H,6-11H2,1H3,(H,21,22,27). The highest BCUT2D eigenvalue weighted by molar-refractivity contribution is 5.97. The number of aromatic nitrogens is 5. The fourth-order valence-electron chi connectivity index (χ4n) is 3.96. The Labute approximate surface area is 166 Å². The van der Waals surface area contributed by atoms with Gasteiger partial charge in [-0.05, 0) is 37.8 Å². The third-order valence-corrected chi connectivity index (χ3v) is 5.75. The molecule has 1 saturated heterocycles. The summed E-state index contributed by atoms with van der Waals surface area (Å²) in [6.45, 7) is 1.20. The quantitative estimate of drug-likeness (QED) is 0.724. The maximum Gasteiger partial charge on any atom is 0.281 e. The topological polar surface area (TPSA) is 106 Å². The minimum atomic E-state index is -0.230. The Kier molecular flexibility index (Phi) is 4.30. The van der Waals surface area contributed by atoms with Crippen LogP contribution in [0.1, 0.15) is 53.8 Å². The van der Waals surface area contributed by atoms with Gasteiger partial charge < -0.3 is 14.6 Å². The van der Waals surface area contributed by atoms with Crippen LogP contribution in [0.15, 0.2) is 29.1 Å². The first kappa shape index (κ1) is 17.8. The number of para-hydroxylation sites is 1. The number of carbonyl (C=O) groups is 1. The van der Waals surface area contributed by atoms with E-state index in [0.717, 1.165) is 31.5 Å². The average Bonchev–Trinajstić information content (AvgIpc) is 3.52. The molecule has 1 aliphatic heterocycles. The van der Waals surface area contributed by atoms with Crippen LogP contribution in [0.3, 0.4) is 0 Å². The molecule has 2 aliphatic rings. The van der Waals surface area contributed by atoms with Crippen LogP contribution in [0.4, 0.5) is 0 Å². The summed E-state index contributed by atoms with van der Waals surface area (Å²) < 4.78 is 7.09. The van der Waals surface area contributed by atoms with Crippen LogP contribution in [0.2, 0.25) is 0 Å². The van der Waals surface area contributed by atoms with Gasteiger partial charge in [-0.2, -0.15) is 0 Å². The fraction of sp³-hybridized carbons (Fsp3) is 0.450. The molecule has 0 unspecified atom stereocenters. The maximum absolute atomic E-state index is 12.9. The zero-order chi connectivity index (χ0) is 20.0. The van der Waals surface area contributed by atoms with Gasteiger partial charge in [-0.3, -0.25) is 9.59 Å². The molecule has 1 N–H and O–H groups in total. The zero-order valence-electron chi connectivity index (χ0n) is 16.2. The number of benzene rings is 1. The summed E-state index contributed by atoms with van der Waals surface area (Å²) in [5, 5.41) is 8.27. The molecule has 9 heteroatoms. The third-order valence-electron chi connectivity index (χ3n) is 5.75. The number of ether oxygens (including phenoxy) is 1. The van der Waals surface area contributed by atoms with E-state index in [2.05, 4.69) is 20.3 Å². The van der Waals surface area contributed by atoms with Gasteiger partial charge in [0.15, 0.2) is 11.2 Å². The molecule has 150 valence electrons. The monoisotopic (exact) mass is 394 g/mol. The van der Waals surface area contributed by atoms with E-state index in [1.165, 1.54) is 0 Å². The van der Waals surface area contributed by atoms with Gasteiger partial charge in [-0.25, -0.2) is 9.67 Å². The van der Waals surface area contributed by atoms with Crippen LogP contribution in [0.25, 0.3) is 11.2 Å². The lowest BCUT2D eigenvalue weighted by atomic mass is 10.0. The second-order valence-electron chi connectivity index (χ2n) is 7.66. The van der Waals surface area contributed by atoms with Crippen LogP contribution in [-0.2, 0) is 0 Å². The SMILES string of the molecule is COc1ccccc1C(=O)N1CCC(n2nnc3c(=O)[nH]c(C4CC4)nc32)CC1. The molecule has 1 aliphatic carbocycles. The first-order chi connectivity index (χ1) is 14.2. The van der Waals surface area contributed by atoms with E-state index in [9.17, 15) is 9.59 Å². The van der Waals surface area contributed by atoms with Crippen LogP contribution in [-0.4, -0.2) is 56.0 Å². The van der Waals surface area contributed by atoms with Gasteiger partial charge in [0, 0.05) is 19.0 Å². The summed E-state index contributed by atoms with van der Waals surface area (Å²) in [5.41, 5.74) is 1.17. The Morgan fingerprint density at radius 1 is 1.17 bits per heavy atom. The lowest BCUT2D eigenvalue weighted by Gasteiger charge is -2.32.